The Kier molecular flexibility index (Phi) is 2.36. The van der Waals surface area contributed by atoms with E-state index in [0.717, 1.165) is 5.56 Å². The van der Waals surface area contributed by atoms with Gasteiger partial charge in [0.05, 0.1) is 0 Å². The molecule has 0 aromatic heterocycles. The van der Waals surface area contributed by atoms with Gasteiger partial charge in [-0.25, -0.2) is 0 Å². The van der Waals surface area contributed by atoms with Crippen LogP contribution in [-0.2, 0) is 9.53 Å². The topological polar surface area (TPSA) is 26.3 Å². The van der Waals surface area contributed by atoms with Crippen molar-refractivity contribution in [1.82, 2.24) is 0 Å². The Morgan fingerprint density at radius 2 is 2.00 bits per heavy atom. The molecule has 0 saturated carbocycles. The van der Waals surface area contributed by atoms with Crippen molar-refractivity contribution < 1.29 is 9.53 Å². The summed E-state index contributed by atoms with van der Waals surface area (Å²) in [6.07, 6.45) is 1.53. The van der Waals surface area contributed by atoms with Crippen molar-refractivity contribution in [3.8, 4) is 0 Å². The number of carbonyl (C=O) groups is 1. The van der Waals surface area contributed by atoms with Gasteiger partial charge in [-0.1, -0.05) is 30.3 Å². The molecule has 1 heterocycles. The Balaban J connectivity index is 2.31. The van der Waals surface area contributed by atoms with Crippen LogP contribution >= 0.6 is 11.8 Å². The highest BCUT2D eigenvalue weighted by Gasteiger charge is 2.12. The van der Waals surface area contributed by atoms with E-state index in [1.54, 1.807) is 0 Å². The molecule has 13 heavy (non-hydrogen) atoms. The summed E-state index contributed by atoms with van der Waals surface area (Å²) in [4.78, 5) is 11.1. The van der Waals surface area contributed by atoms with E-state index in [0.29, 0.717) is 11.7 Å². The molecule has 0 radical (unpaired) electrons. The highest BCUT2D eigenvalue weighted by Crippen LogP contribution is 2.23. The van der Waals surface area contributed by atoms with Crippen LogP contribution in [0, 0.1) is 0 Å². The van der Waals surface area contributed by atoms with Gasteiger partial charge in [0, 0.05) is 11.6 Å². The lowest BCUT2D eigenvalue weighted by molar-refractivity contribution is -0.107. The summed E-state index contributed by atoms with van der Waals surface area (Å²) in [5.74, 6) is 1.09. The lowest BCUT2D eigenvalue weighted by Gasteiger charge is -2.13. The number of hydrogen-bond acceptors (Lipinski definition) is 3. The van der Waals surface area contributed by atoms with Gasteiger partial charge in [-0.05, 0) is 11.8 Å². The van der Waals surface area contributed by atoms with Crippen molar-refractivity contribution >= 4 is 22.6 Å². The summed E-state index contributed by atoms with van der Waals surface area (Å²) >= 11 is 1.18. The van der Waals surface area contributed by atoms with Gasteiger partial charge >= 0.3 is 0 Å². The molecule has 0 fully saturated rings. The van der Waals surface area contributed by atoms with Crippen molar-refractivity contribution in [3.63, 3.8) is 0 Å². The van der Waals surface area contributed by atoms with E-state index in [1.807, 2.05) is 30.3 Å². The summed E-state index contributed by atoms with van der Waals surface area (Å²) < 4.78 is 5.34. The minimum Gasteiger partial charge on any atom is -0.482 e. The smallest absolute Gasteiger partial charge is 0.219 e. The average Bonchev–Trinajstić information content (AvgIpc) is 2.19. The molecule has 0 atom stereocenters. The number of ether oxygens (including phenoxy) is 1. The fourth-order valence-corrected chi connectivity index (χ4v) is 1.60. The van der Waals surface area contributed by atoms with Crippen molar-refractivity contribution in [3.05, 3.63) is 42.0 Å². The van der Waals surface area contributed by atoms with Crippen molar-refractivity contribution in [2.45, 2.75) is 0 Å². The predicted molar refractivity (Wildman–Crippen MR) is 53.0 cm³/mol. The lowest BCUT2D eigenvalue weighted by Crippen LogP contribution is -2.02. The molecule has 66 valence electrons. The van der Waals surface area contributed by atoms with Crippen LogP contribution < -0.4 is 0 Å². The molecular weight excluding hydrogens is 184 g/mol. The quantitative estimate of drug-likeness (QED) is 0.682. The predicted octanol–water partition coefficient (Wildman–Crippen LogP) is 2.28. The van der Waals surface area contributed by atoms with E-state index < -0.39 is 0 Å². The second-order valence-electron chi connectivity index (χ2n) is 2.60. The molecule has 0 unspecified atom stereocenters. The summed E-state index contributed by atoms with van der Waals surface area (Å²) in [6.45, 7) is 0. The maximum Gasteiger partial charge on any atom is 0.219 e. The molecule has 0 spiro atoms. The van der Waals surface area contributed by atoms with Gasteiger partial charge in [-0.2, -0.15) is 0 Å². The fraction of sp³-hybridized carbons (Fsp3) is 0.100. The Morgan fingerprint density at radius 3 is 2.69 bits per heavy atom. The molecule has 1 aromatic carbocycles. The van der Waals surface area contributed by atoms with E-state index in [4.69, 9.17) is 4.74 Å². The Morgan fingerprint density at radius 1 is 1.23 bits per heavy atom. The number of carbonyl (C=O) groups excluding carboxylic acids is 1. The molecule has 0 saturated heterocycles. The second-order valence-corrected chi connectivity index (χ2v) is 3.53. The van der Waals surface area contributed by atoms with Gasteiger partial charge < -0.3 is 4.74 Å². The molecule has 3 heteroatoms. The Hall–Kier alpha value is -1.22. The molecule has 0 aliphatic carbocycles. The third-order valence-corrected chi connectivity index (χ3v) is 2.36. The fourth-order valence-electron chi connectivity index (χ4n) is 1.11. The van der Waals surface area contributed by atoms with Gasteiger partial charge in [0.2, 0.25) is 5.12 Å². The standard InChI is InChI=1S/C10H8O2S/c11-10-6-9(12-7-13-10)8-4-2-1-3-5-8/h1-6H,7H2. The second kappa shape index (κ2) is 3.66. The highest BCUT2D eigenvalue weighted by molar-refractivity contribution is 8.14. The number of benzene rings is 1. The summed E-state index contributed by atoms with van der Waals surface area (Å²) in [5, 5.41) is 0.0603. The zero-order valence-corrected chi connectivity index (χ0v) is 7.71. The van der Waals surface area contributed by atoms with Crippen LogP contribution in [0.15, 0.2) is 36.4 Å². The number of hydrogen-bond donors (Lipinski definition) is 0. The maximum absolute atomic E-state index is 11.1. The first-order chi connectivity index (χ1) is 6.36. The van der Waals surface area contributed by atoms with Crippen LogP contribution in [0.2, 0.25) is 0 Å². The summed E-state index contributed by atoms with van der Waals surface area (Å²) in [5.41, 5.74) is 0.955. The van der Waals surface area contributed by atoms with Gasteiger partial charge in [-0.15, -0.1) is 0 Å². The molecule has 1 aromatic rings. The first-order valence-electron chi connectivity index (χ1n) is 3.93. The van der Waals surface area contributed by atoms with Crippen molar-refractivity contribution in [1.29, 1.82) is 0 Å². The highest BCUT2D eigenvalue weighted by atomic mass is 32.2. The number of rotatable bonds is 1. The van der Waals surface area contributed by atoms with Crippen LogP contribution in [0.25, 0.3) is 5.76 Å². The van der Waals surface area contributed by atoms with Crippen LogP contribution in [0.5, 0.6) is 0 Å². The van der Waals surface area contributed by atoms with Gasteiger partial charge in [-0.3, -0.25) is 4.79 Å². The van der Waals surface area contributed by atoms with Gasteiger partial charge in [0.15, 0.2) is 0 Å². The third kappa shape index (κ3) is 1.92. The van der Waals surface area contributed by atoms with Gasteiger partial charge in [0.1, 0.15) is 11.7 Å². The van der Waals surface area contributed by atoms with Crippen LogP contribution in [0.1, 0.15) is 5.56 Å². The average molecular weight is 192 g/mol. The van der Waals surface area contributed by atoms with E-state index in [2.05, 4.69) is 0 Å². The molecule has 1 aliphatic rings. The lowest BCUT2D eigenvalue weighted by atomic mass is 10.2. The molecule has 1 aliphatic heterocycles. The molecule has 2 rings (SSSR count). The molecule has 0 N–H and O–H groups in total. The maximum atomic E-state index is 11.1. The minimum atomic E-state index is 0.0603. The summed E-state index contributed by atoms with van der Waals surface area (Å²) in [7, 11) is 0. The summed E-state index contributed by atoms with van der Waals surface area (Å²) in [6, 6.07) is 9.63. The van der Waals surface area contributed by atoms with Crippen LogP contribution in [0.3, 0.4) is 0 Å². The van der Waals surface area contributed by atoms with E-state index in [9.17, 15) is 4.79 Å². The van der Waals surface area contributed by atoms with Crippen LogP contribution in [0.4, 0.5) is 0 Å². The van der Waals surface area contributed by atoms with E-state index >= 15 is 0 Å². The monoisotopic (exact) mass is 192 g/mol. The SMILES string of the molecule is O=C1C=C(c2ccccc2)OCS1. The van der Waals surface area contributed by atoms with E-state index in [-0.39, 0.29) is 5.12 Å². The normalized spacial score (nSPS) is 16.3. The minimum absolute atomic E-state index is 0.0603. The van der Waals surface area contributed by atoms with E-state index in [1.165, 1.54) is 17.8 Å². The Labute approximate surface area is 80.6 Å². The third-order valence-electron chi connectivity index (χ3n) is 1.72. The first-order valence-corrected chi connectivity index (χ1v) is 4.91. The molecule has 0 amide bonds. The van der Waals surface area contributed by atoms with Crippen molar-refractivity contribution in [2.24, 2.45) is 0 Å². The zero-order valence-electron chi connectivity index (χ0n) is 6.90. The van der Waals surface area contributed by atoms with Crippen LogP contribution in [-0.4, -0.2) is 11.1 Å². The Bertz CT molecular complexity index is 343. The molecule has 2 nitrogen and oxygen atoms in total. The number of thioether (sulfide) groups is 1. The molecule has 0 bridgehead atoms. The molecular formula is C10H8O2S. The van der Waals surface area contributed by atoms with Gasteiger partial charge in [0.25, 0.3) is 0 Å². The first kappa shape index (κ1) is 8.38. The van der Waals surface area contributed by atoms with Crippen molar-refractivity contribution in [2.75, 3.05) is 5.94 Å². The zero-order chi connectivity index (χ0) is 9.10. The largest absolute Gasteiger partial charge is 0.482 e.